The fourth-order valence-corrected chi connectivity index (χ4v) is 4.24. The number of rotatable bonds is 11. The number of aliphatic imine (C=N–C) groups is 2. The van der Waals surface area contributed by atoms with Gasteiger partial charge in [0.15, 0.2) is 18.6 Å². The molecular weight excluding hydrogens is 457 g/mol. The molecule has 1 aliphatic carbocycles. The van der Waals surface area contributed by atoms with Crippen molar-refractivity contribution in [3.8, 4) is 16.3 Å². The van der Waals surface area contributed by atoms with Gasteiger partial charge in [0.1, 0.15) is 16.6 Å². The predicted molar refractivity (Wildman–Crippen MR) is 129 cm³/mol. The van der Waals surface area contributed by atoms with Crippen LogP contribution >= 0.6 is 11.3 Å². The summed E-state index contributed by atoms with van der Waals surface area (Å²) < 4.78 is 25.4. The van der Waals surface area contributed by atoms with Gasteiger partial charge in [-0.25, -0.2) is 14.2 Å². The Balaban J connectivity index is 1.48. The smallest absolute Gasteiger partial charge is 0.342 e. The highest BCUT2D eigenvalue weighted by Crippen LogP contribution is 2.34. The van der Waals surface area contributed by atoms with Crippen LogP contribution in [0.25, 0.3) is 10.6 Å². The molecule has 0 amide bonds. The molecule has 1 atom stereocenters. The Labute approximate surface area is 200 Å². The molecule has 1 saturated carbocycles. The molecule has 1 unspecified atom stereocenters. The van der Waals surface area contributed by atoms with Gasteiger partial charge >= 0.3 is 5.97 Å². The standard InChI is InChI=1S/C25H22FN3O4S/c1-27-12-21(33-18-8-5-16(6-9-18)23(30)15-3-4-15)22-13-29-24(34-22)17-7-10-19(20(26)11-17)25(31)32-14-28-2/h5-11,13,15,21H,1-4,12,14H2. The minimum atomic E-state index is -0.813. The Kier molecular flexibility index (Phi) is 7.22. The number of halogens is 1. The van der Waals surface area contributed by atoms with E-state index in [1.165, 1.54) is 23.5 Å². The van der Waals surface area contributed by atoms with E-state index in [0.29, 0.717) is 28.4 Å². The molecule has 0 spiro atoms. The summed E-state index contributed by atoms with van der Waals surface area (Å²) in [4.78, 5) is 36.6. The van der Waals surface area contributed by atoms with Crippen LogP contribution in [0.2, 0.25) is 0 Å². The highest BCUT2D eigenvalue weighted by molar-refractivity contribution is 7.15. The lowest BCUT2D eigenvalue weighted by Gasteiger charge is -2.15. The van der Waals surface area contributed by atoms with E-state index in [4.69, 9.17) is 9.47 Å². The van der Waals surface area contributed by atoms with Crippen LogP contribution in [0.1, 0.15) is 44.5 Å². The number of hydrogen-bond acceptors (Lipinski definition) is 8. The zero-order valence-corrected chi connectivity index (χ0v) is 19.1. The van der Waals surface area contributed by atoms with Crippen molar-refractivity contribution in [1.82, 2.24) is 4.98 Å². The second-order valence-electron chi connectivity index (χ2n) is 7.72. The van der Waals surface area contributed by atoms with Gasteiger partial charge in [0.05, 0.1) is 17.0 Å². The minimum absolute atomic E-state index is 0.161. The Morgan fingerprint density at radius 3 is 2.56 bits per heavy atom. The summed E-state index contributed by atoms with van der Waals surface area (Å²) in [5.41, 5.74) is 1.01. The Bertz CT molecular complexity index is 1220. The largest absolute Gasteiger partial charge is 0.483 e. The monoisotopic (exact) mass is 479 g/mol. The molecule has 0 N–H and O–H groups in total. The molecule has 1 aromatic heterocycles. The Morgan fingerprint density at radius 2 is 1.91 bits per heavy atom. The predicted octanol–water partition coefficient (Wildman–Crippen LogP) is 5.18. The zero-order chi connectivity index (χ0) is 24.1. The molecule has 7 nitrogen and oxygen atoms in total. The lowest BCUT2D eigenvalue weighted by molar-refractivity contribution is 0.0513. The van der Waals surface area contributed by atoms with Crippen molar-refractivity contribution in [3.63, 3.8) is 0 Å². The van der Waals surface area contributed by atoms with E-state index >= 15 is 0 Å². The van der Waals surface area contributed by atoms with Gasteiger partial charge in [0, 0.05) is 23.2 Å². The van der Waals surface area contributed by atoms with Gasteiger partial charge in [0.25, 0.3) is 0 Å². The summed E-state index contributed by atoms with van der Waals surface area (Å²) in [6.45, 7) is 6.83. The molecule has 0 aliphatic heterocycles. The molecule has 0 radical (unpaired) electrons. The first-order chi connectivity index (χ1) is 16.5. The number of ketones is 1. The van der Waals surface area contributed by atoms with Crippen LogP contribution in [0, 0.1) is 11.7 Å². The Hall–Kier alpha value is -3.72. The number of Topliss-reactive ketones (excluding diaryl/α,β-unsaturated/α-hetero) is 1. The second kappa shape index (κ2) is 10.5. The van der Waals surface area contributed by atoms with Gasteiger partial charge in [-0.15, -0.1) is 11.3 Å². The third kappa shape index (κ3) is 5.43. The van der Waals surface area contributed by atoms with Crippen molar-refractivity contribution in [2.75, 3.05) is 13.3 Å². The molecule has 1 aliphatic rings. The second-order valence-corrected chi connectivity index (χ2v) is 8.78. The summed E-state index contributed by atoms with van der Waals surface area (Å²) in [5.74, 6) is -0.601. The molecule has 3 aromatic rings. The summed E-state index contributed by atoms with van der Waals surface area (Å²) in [6.07, 6.45) is 3.12. The van der Waals surface area contributed by atoms with Crippen molar-refractivity contribution in [3.05, 3.63) is 70.5 Å². The van der Waals surface area contributed by atoms with Crippen LogP contribution in [0.15, 0.2) is 58.6 Å². The molecule has 1 fully saturated rings. The van der Waals surface area contributed by atoms with E-state index in [2.05, 4.69) is 28.4 Å². The number of esters is 1. The number of nitrogens with zero attached hydrogens (tertiary/aromatic N) is 3. The maximum absolute atomic E-state index is 14.5. The lowest BCUT2D eigenvalue weighted by Crippen LogP contribution is -2.10. The molecule has 0 bridgehead atoms. The molecule has 9 heteroatoms. The number of aromatic nitrogens is 1. The number of ether oxygens (including phenoxy) is 2. The average Bonchev–Trinajstić information content (AvgIpc) is 3.58. The summed E-state index contributed by atoms with van der Waals surface area (Å²) >= 11 is 1.33. The van der Waals surface area contributed by atoms with Crippen LogP contribution in [-0.4, -0.2) is 43.4 Å². The van der Waals surface area contributed by atoms with Gasteiger partial charge in [-0.3, -0.25) is 14.8 Å². The Morgan fingerprint density at radius 1 is 1.15 bits per heavy atom. The van der Waals surface area contributed by atoms with E-state index in [1.807, 2.05) is 0 Å². The quantitative estimate of drug-likeness (QED) is 0.215. The maximum atomic E-state index is 14.5. The topological polar surface area (TPSA) is 90.2 Å². The molecule has 174 valence electrons. The SMILES string of the molecule is C=NCOC(=O)c1ccc(-c2ncc(C(CN=C)Oc3ccc(C(=O)C4CC4)cc3)s2)cc1F. The van der Waals surface area contributed by atoms with Gasteiger partial charge < -0.3 is 9.47 Å². The van der Waals surface area contributed by atoms with Gasteiger partial charge in [-0.2, -0.15) is 0 Å². The lowest BCUT2D eigenvalue weighted by atomic mass is 10.1. The van der Waals surface area contributed by atoms with Crippen LogP contribution in [-0.2, 0) is 4.74 Å². The molecule has 0 saturated heterocycles. The molecule has 34 heavy (non-hydrogen) atoms. The average molecular weight is 480 g/mol. The van der Waals surface area contributed by atoms with E-state index in [-0.39, 0.29) is 24.0 Å². The molecule has 2 aromatic carbocycles. The van der Waals surface area contributed by atoms with Gasteiger partial charge in [0.2, 0.25) is 0 Å². The number of benzene rings is 2. The normalized spacial score (nSPS) is 13.7. The maximum Gasteiger partial charge on any atom is 0.342 e. The van der Waals surface area contributed by atoms with Crippen LogP contribution < -0.4 is 4.74 Å². The summed E-state index contributed by atoms with van der Waals surface area (Å²) in [7, 11) is 0. The van der Waals surface area contributed by atoms with Crippen LogP contribution in [0.5, 0.6) is 5.75 Å². The van der Waals surface area contributed by atoms with Crippen molar-refractivity contribution in [1.29, 1.82) is 0 Å². The third-order valence-electron chi connectivity index (χ3n) is 5.22. The van der Waals surface area contributed by atoms with E-state index in [0.717, 1.165) is 17.7 Å². The number of carbonyl (C=O) groups excluding carboxylic acids is 2. The van der Waals surface area contributed by atoms with Gasteiger partial charge in [-0.1, -0.05) is 6.07 Å². The van der Waals surface area contributed by atoms with Crippen molar-refractivity contribution in [2.45, 2.75) is 18.9 Å². The van der Waals surface area contributed by atoms with Gasteiger partial charge in [-0.05, 0) is 62.7 Å². The third-order valence-corrected chi connectivity index (χ3v) is 6.36. The molecule has 4 rings (SSSR count). The summed E-state index contributed by atoms with van der Waals surface area (Å²) in [5, 5.41) is 0.560. The highest BCUT2D eigenvalue weighted by Gasteiger charge is 2.30. The fraction of sp³-hybridized carbons (Fsp3) is 0.240. The first-order valence-corrected chi connectivity index (χ1v) is 11.4. The zero-order valence-electron chi connectivity index (χ0n) is 18.3. The number of carbonyl (C=O) groups is 2. The summed E-state index contributed by atoms with van der Waals surface area (Å²) in [6, 6.07) is 11.3. The van der Waals surface area contributed by atoms with Crippen LogP contribution in [0.4, 0.5) is 4.39 Å². The number of hydrogen-bond donors (Lipinski definition) is 0. The first kappa shape index (κ1) is 23.4. The van der Waals surface area contributed by atoms with E-state index in [1.54, 1.807) is 36.5 Å². The number of thiazole rings is 1. The molecule has 1 heterocycles. The van der Waals surface area contributed by atoms with E-state index in [9.17, 15) is 14.0 Å². The van der Waals surface area contributed by atoms with Crippen molar-refractivity contribution >= 4 is 36.5 Å². The van der Waals surface area contributed by atoms with Crippen molar-refractivity contribution in [2.24, 2.45) is 15.9 Å². The van der Waals surface area contributed by atoms with Crippen LogP contribution in [0.3, 0.4) is 0 Å². The first-order valence-electron chi connectivity index (χ1n) is 10.6. The molecular formula is C25H22FN3O4S. The van der Waals surface area contributed by atoms with E-state index < -0.39 is 17.9 Å². The van der Waals surface area contributed by atoms with Crippen molar-refractivity contribution < 1.29 is 23.5 Å². The highest BCUT2D eigenvalue weighted by atomic mass is 32.1. The fourth-order valence-electron chi connectivity index (χ4n) is 3.31. The minimum Gasteiger partial charge on any atom is -0.483 e.